The Morgan fingerprint density at radius 1 is 1.27 bits per heavy atom. The number of nitrogens with zero attached hydrogens (tertiary/aromatic N) is 3. The minimum Gasteiger partial charge on any atom is -0.394 e. The van der Waals surface area contributed by atoms with Crippen molar-refractivity contribution in [3.8, 4) is 0 Å². The topological polar surface area (TPSA) is 114 Å². The monoisotopic (exact) mass is 424 g/mol. The van der Waals surface area contributed by atoms with Gasteiger partial charge in [-0.2, -0.15) is 4.68 Å². The molecule has 1 aromatic heterocycles. The van der Waals surface area contributed by atoms with Crippen molar-refractivity contribution in [2.45, 2.75) is 59.6 Å². The smallest absolute Gasteiger partial charge is 0.350 e. The molecule has 0 radical (unpaired) electrons. The van der Waals surface area contributed by atoms with Crippen molar-refractivity contribution >= 4 is 16.6 Å². The van der Waals surface area contributed by atoms with Crippen LogP contribution in [0.1, 0.15) is 52.1 Å². The number of fused-ring (bicyclic) bond motifs is 1. The third-order valence-corrected chi connectivity index (χ3v) is 5.99. The molecule has 0 aliphatic rings. The van der Waals surface area contributed by atoms with Crippen LogP contribution in [0, 0.1) is 18.7 Å². The van der Waals surface area contributed by atoms with E-state index < -0.39 is 23.2 Å². The van der Waals surface area contributed by atoms with Crippen molar-refractivity contribution in [3.05, 3.63) is 38.3 Å². The summed E-state index contributed by atoms with van der Waals surface area (Å²) in [6.45, 7) is 9.78. The van der Waals surface area contributed by atoms with Crippen molar-refractivity contribution in [2.24, 2.45) is 5.92 Å². The van der Waals surface area contributed by atoms with Crippen LogP contribution < -0.4 is 22.0 Å². The second kappa shape index (κ2) is 9.61. The van der Waals surface area contributed by atoms with Gasteiger partial charge in [-0.1, -0.05) is 13.8 Å². The number of hydrogen-bond acceptors (Lipinski definition) is 6. The predicted molar refractivity (Wildman–Crippen MR) is 117 cm³/mol. The number of hydrogen-bond donors (Lipinski definition) is 3. The van der Waals surface area contributed by atoms with Gasteiger partial charge in [0.2, 0.25) is 0 Å². The third kappa shape index (κ3) is 4.22. The van der Waals surface area contributed by atoms with Crippen LogP contribution in [0.15, 0.2) is 15.7 Å². The average Bonchev–Trinajstić information content (AvgIpc) is 2.73. The minimum atomic E-state index is -0.843. The summed E-state index contributed by atoms with van der Waals surface area (Å²) in [7, 11) is 0. The van der Waals surface area contributed by atoms with Crippen LogP contribution in [0.4, 0.5) is 10.1 Å². The molecular weight excluding hydrogens is 391 g/mol. The highest BCUT2D eigenvalue weighted by Gasteiger charge is 2.24. The van der Waals surface area contributed by atoms with Gasteiger partial charge in [-0.3, -0.25) is 9.36 Å². The van der Waals surface area contributed by atoms with Gasteiger partial charge in [0.15, 0.2) is 0 Å². The summed E-state index contributed by atoms with van der Waals surface area (Å²) >= 11 is 0. The maximum absolute atomic E-state index is 15.2. The summed E-state index contributed by atoms with van der Waals surface area (Å²) < 4.78 is 17.2. The SMILES string of the molecule is CCC(C)n1c(=O)n(N)c(=O)c2cc(F)c(N(CC)CCC(C)C(O)CO)c(C)c21. The molecule has 0 bridgehead atoms. The summed E-state index contributed by atoms with van der Waals surface area (Å²) in [5.41, 5.74) is -0.158. The first-order valence-corrected chi connectivity index (χ1v) is 10.4. The average molecular weight is 425 g/mol. The van der Waals surface area contributed by atoms with Crippen molar-refractivity contribution in [1.29, 1.82) is 0 Å². The molecule has 0 aliphatic heterocycles. The fraction of sp³-hybridized carbons (Fsp3) is 0.619. The van der Waals surface area contributed by atoms with Gasteiger partial charge < -0.3 is 21.0 Å². The summed E-state index contributed by atoms with van der Waals surface area (Å²) in [4.78, 5) is 27.2. The van der Waals surface area contributed by atoms with Crippen LogP contribution in [0.2, 0.25) is 0 Å². The molecule has 3 atom stereocenters. The number of aliphatic hydroxyl groups is 2. The van der Waals surface area contributed by atoms with Crippen molar-refractivity contribution in [1.82, 2.24) is 9.24 Å². The van der Waals surface area contributed by atoms with E-state index in [2.05, 4.69) is 0 Å². The Morgan fingerprint density at radius 3 is 2.43 bits per heavy atom. The lowest BCUT2D eigenvalue weighted by molar-refractivity contribution is 0.0511. The highest BCUT2D eigenvalue weighted by molar-refractivity contribution is 5.87. The highest BCUT2D eigenvalue weighted by atomic mass is 19.1. The van der Waals surface area contributed by atoms with E-state index >= 15 is 4.39 Å². The molecule has 0 saturated heterocycles. The Morgan fingerprint density at radius 2 is 1.90 bits per heavy atom. The van der Waals surface area contributed by atoms with Crippen LogP contribution in [0.3, 0.4) is 0 Å². The molecule has 0 saturated carbocycles. The first-order chi connectivity index (χ1) is 14.1. The van der Waals surface area contributed by atoms with Crippen LogP contribution >= 0.6 is 0 Å². The normalized spacial score (nSPS) is 14.7. The number of halogens is 1. The van der Waals surface area contributed by atoms with Crippen LogP contribution in [0.25, 0.3) is 10.9 Å². The highest BCUT2D eigenvalue weighted by Crippen LogP contribution is 2.31. The summed E-state index contributed by atoms with van der Waals surface area (Å²) in [5.74, 6) is 4.94. The Hall–Kier alpha value is -2.39. The number of nitrogens with two attached hydrogens (primary N) is 1. The number of aliphatic hydroxyl groups excluding tert-OH is 2. The van der Waals surface area contributed by atoms with E-state index in [4.69, 9.17) is 10.9 Å². The van der Waals surface area contributed by atoms with Crippen LogP contribution in [-0.4, -0.2) is 45.3 Å². The van der Waals surface area contributed by atoms with Gasteiger partial charge in [0.05, 0.1) is 29.3 Å². The zero-order valence-electron chi connectivity index (χ0n) is 18.4. The number of benzene rings is 1. The molecule has 2 aromatic rings. The Bertz CT molecular complexity index is 1020. The van der Waals surface area contributed by atoms with E-state index in [0.717, 1.165) is 6.07 Å². The number of aromatic nitrogens is 2. The van der Waals surface area contributed by atoms with E-state index in [1.807, 2.05) is 32.6 Å². The number of aryl methyl sites for hydroxylation is 1. The third-order valence-electron chi connectivity index (χ3n) is 5.99. The molecule has 168 valence electrons. The molecule has 9 heteroatoms. The lowest BCUT2D eigenvalue weighted by atomic mass is 10.0. The second-order valence-electron chi connectivity index (χ2n) is 7.91. The molecule has 30 heavy (non-hydrogen) atoms. The van der Waals surface area contributed by atoms with Gasteiger partial charge in [0, 0.05) is 24.7 Å². The lowest BCUT2D eigenvalue weighted by Gasteiger charge is -2.29. The van der Waals surface area contributed by atoms with Crippen LogP contribution in [-0.2, 0) is 0 Å². The fourth-order valence-corrected chi connectivity index (χ4v) is 3.80. The molecule has 3 unspecified atom stereocenters. The van der Waals surface area contributed by atoms with Crippen molar-refractivity contribution < 1.29 is 14.6 Å². The quantitative estimate of drug-likeness (QED) is 0.526. The Balaban J connectivity index is 2.71. The Labute approximate surface area is 175 Å². The van der Waals surface area contributed by atoms with Crippen LogP contribution in [0.5, 0.6) is 0 Å². The molecular formula is C21H33FN4O4. The molecule has 0 spiro atoms. The van der Waals surface area contributed by atoms with Gasteiger partial charge >= 0.3 is 5.69 Å². The zero-order valence-corrected chi connectivity index (χ0v) is 18.4. The van der Waals surface area contributed by atoms with E-state index in [9.17, 15) is 14.7 Å². The summed E-state index contributed by atoms with van der Waals surface area (Å²) in [6.07, 6.45) is 0.326. The van der Waals surface area contributed by atoms with E-state index in [0.29, 0.717) is 47.4 Å². The first kappa shape index (κ1) is 23.9. The molecule has 0 aliphatic carbocycles. The molecule has 4 N–H and O–H groups in total. The van der Waals surface area contributed by atoms with Gasteiger partial charge in [0.1, 0.15) is 5.82 Å². The largest absolute Gasteiger partial charge is 0.394 e. The van der Waals surface area contributed by atoms with Crippen molar-refractivity contribution in [2.75, 3.05) is 30.4 Å². The molecule has 0 fully saturated rings. The van der Waals surface area contributed by atoms with E-state index in [1.54, 1.807) is 6.92 Å². The van der Waals surface area contributed by atoms with Crippen molar-refractivity contribution in [3.63, 3.8) is 0 Å². The van der Waals surface area contributed by atoms with Gasteiger partial charge in [-0.05, 0) is 45.6 Å². The predicted octanol–water partition coefficient (Wildman–Crippen LogP) is 1.50. The fourth-order valence-electron chi connectivity index (χ4n) is 3.80. The number of rotatable bonds is 9. The maximum Gasteiger partial charge on any atom is 0.350 e. The molecule has 2 rings (SSSR count). The second-order valence-corrected chi connectivity index (χ2v) is 7.91. The number of nitrogen functional groups attached to an aromatic ring is 1. The Kier molecular flexibility index (Phi) is 7.65. The molecule has 0 amide bonds. The van der Waals surface area contributed by atoms with Gasteiger partial charge in [0.25, 0.3) is 5.56 Å². The van der Waals surface area contributed by atoms with E-state index in [1.165, 1.54) is 4.57 Å². The molecule has 8 nitrogen and oxygen atoms in total. The lowest BCUT2D eigenvalue weighted by Crippen LogP contribution is -2.45. The number of anilines is 1. The first-order valence-electron chi connectivity index (χ1n) is 10.4. The standard InChI is InChI=1S/C21H33FN4O4/c1-6-13(4)25-18-14(5)19(24(7-2)9-8-12(3)17(28)11-27)16(22)10-15(18)20(29)26(23)21(25)30/h10,12-13,17,27-28H,6-9,11,23H2,1-5H3. The van der Waals surface area contributed by atoms with Gasteiger partial charge in [-0.15, -0.1) is 0 Å². The molecule has 1 heterocycles. The minimum absolute atomic E-state index is 0.0660. The zero-order chi connectivity index (χ0) is 22.7. The summed E-state index contributed by atoms with van der Waals surface area (Å²) in [6, 6.07) is 0.915. The maximum atomic E-state index is 15.2. The molecule has 1 aromatic carbocycles. The van der Waals surface area contributed by atoms with Gasteiger partial charge in [-0.25, -0.2) is 9.18 Å². The van der Waals surface area contributed by atoms with E-state index in [-0.39, 0.29) is 24.0 Å². The summed E-state index contributed by atoms with van der Waals surface area (Å²) in [5, 5.41) is 19.0.